The Morgan fingerprint density at radius 2 is 1.68 bits per heavy atom. The van der Waals surface area contributed by atoms with Crippen molar-refractivity contribution in [1.82, 2.24) is 4.90 Å². The summed E-state index contributed by atoms with van der Waals surface area (Å²) >= 11 is 0. The number of nitrogens with zero attached hydrogens (tertiary/aromatic N) is 2. The maximum atomic E-state index is 11.4. The summed E-state index contributed by atoms with van der Waals surface area (Å²) in [4.78, 5) is 4.82. The molecule has 0 aromatic heterocycles. The van der Waals surface area contributed by atoms with Gasteiger partial charge in [-0.3, -0.25) is 4.90 Å². The highest BCUT2D eigenvalue weighted by Gasteiger charge is 2.17. The van der Waals surface area contributed by atoms with Crippen LogP contribution in [0.3, 0.4) is 0 Å². The second-order valence-electron chi connectivity index (χ2n) is 4.82. The summed E-state index contributed by atoms with van der Waals surface area (Å²) in [5.41, 5.74) is 1.05. The first kappa shape index (κ1) is 14.3. The molecule has 5 nitrogen and oxygen atoms in total. The molecule has 0 atom stereocenters. The summed E-state index contributed by atoms with van der Waals surface area (Å²) in [7, 11) is -3.12. The lowest BCUT2D eigenvalue weighted by atomic mass is 10.2. The van der Waals surface area contributed by atoms with E-state index in [4.69, 9.17) is 5.11 Å². The van der Waals surface area contributed by atoms with Gasteiger partial charge in [-0.05, 0) is 24.3 Å². The minimum absolute atomic E-state index is 0.197. The van der Waals surface area contributed by atoms with Crippen LogP contribution in [0.15, 0.2) is 29.2 Å². The minimum Gasteiger partial charge on any atom is -0.395 e. The Labute approximate surface area is 114 Å². The Morgan fingerprint density at radius 3 is 2.16 bits per heavy atom. The van der Waals surface area contributed by atoms with Crippen LogP contribution in [0.4, 0.5) is 5.69 Å². The average molecular weight is 284 g/mol. The first-order valence-corrected chi connectivity index (χ1v) is 8.28. The standard InChI is InChI=1S/C13H20N2O3S/c1-19(17,18)13-4-2-12(3-5-13)15-8-6-14(7-9-15)10-11-16/h2-5,16H,6-11H2,1H3. The zero-order chi connectivity index (χ0) is 13.9. The van der Waals surface area contributed by atoms with Gasteiger partial charge in [0.2, 0.25) is 0 Å². The summed E-state index contributed by atoms with van der Waals surface area (Å²) in [6, 6.07) is 7.03. The van der Waals surface area contributed by atoms with Gasteiger partial charge in [0.05, 0.1) is 11.5 Å². The molecule has 0 radical (unpaired) electrons. The molecule has 1 fully saturated rings. The van der Waals surface area contributed by atoms with Crippen molar-refractivity contribution in [3.63, 3.8) is 0 Å². The van der Waals surface area contributed by atoms with E-state index in [2.05, 4.69) is 9.80 Å². The van der Waals surface area contributed by atoms with Crippen LogP contribution in [0.2, 0.25) is 0 Å². The van der Waals surface area contributed by atoms with Gasteiger partial charge in [-0.2, -0.15) is 0 Å². The zero-order valence-corrected chi connectivity index (χ0v) is 11.9. The normalized spacial score (nSPS) is 17.7. The average Bonchev–Trinajstić information content (AvgIpc) is 2.39. The number of benzene rings is 1. The molecule has 0 unspecified atom stereocenters. The fraction of sp³-hybridized carbons (Fsp3) is 0.538. The lowest BCUT2D eigenvalue weighted by Crippen LogP contribution is -2.47. The molecule has 1 aromatic carbocycles. The largest absolute Gasteiger partial charge is 0.395 e. The van der Waals surface area contributed by atoms with Crippen molar-refractivity contribution >= 4 is 15.5 Å². The van der Waals surface area contributed by atoms with Gasteiger partial charge in [0.1, 0.15) is 0 Å². The number of rotatable bonds is 4. The summed E-state index contributed by atoms with van der Waals surface area (Å²) < 4.78 is 22.8. The number of sulfone groups is 1. The van der Waals surface area contributed by atoms with Gasteiger partial charge in [-0.15, -0.1) is 0 Å². The third-order valence-corrected chi connectivity index (χ3v) is 4.55. The van der Waals surface area contributed by atoms with E-state index in [1.165, 1.54) is 6.26 Å². The van der Waals surface area contributed by atoms with Gasteiger partial charge >= 0.3 is 0 Å². The molecule has 1 N–H and O–H groups in total. The molecule has 1 saturated heterocycles. The molecule has 1 aliphatic rings. The Morgan fingerprint density at radius 1 is 1.11 bits per heavy atom. The molecule has 0 saturated carbocycles. The molecule has 0 spiro atoms. The van der Waals surface area contributed by atoms with E-state index in [-0.39, 0.29) is 6.61 Å². The van der Waals surface area contributed by atoms with Crippen molar-refractivity contribution in [3.05, 3.63) is 24.3 Å². The highest BCUT2D eigenvalue weighted by molar-refractivity contribution is 7.90. The smallest absolute Gasteiger partial charge is 0.175 e. The van der Waals surface area contributed by atoms with Gasteiger partial charge in [0.25, 0.3) is 0 Å². The Balaban J connectivity index is 2.00. The van der Waals surface area contributed by atoms with Gasteiger partial charge in [0, 0.05) is 44.7 Å². The quantitative estimate of drug-likeness (QED) is 0.856. The first-order valence-electron chi connectivity index (χ1n) is 6.39. The summed E-state index contributed by atoms with van der Waals surface area (Å²) in [5, 5.41) is 8.90. The number of hydrogen-bond donors (Lipinski definition) is 1. The van der Waals surface area contributed by atoms with Gasteiger partial charge in [0.15, 0.2) is 9.84 Å². The third kappa shape index (κ3) is 3.68. The first-order chi connectivity index (χ1) is 9.00. The topological polar surface area (TPSA) is 60.9 Å². The van der Waals surface area contributed by atoms with Gasteiger partial charge in [-0.25, -0.2) is 8.42 Å². The number of β-amino-alcohol motifs (C(OH)–C–C–N with tert-alkyl or cyclic N) is 1. The van der Waals surface area contributed by atoms with E-state index in [9.17, 15) is 8.42 Å². The minimum atomic E-state index is -3.12. The molecule has 2 rings (SSSR count). The maximum absolute atomic E-state index is 11.4. The van der Waals surface area contributed by atoms with Crippen molar-refractivity contribution in [2.75, 3.05) is 50.5 Å². The maximum Gasteiger partial charge on any atom is 0.175 e. The molecule has 1 aromatic rings. The Kier molecular flexibility index (Phi) is 4.44. The van der Waals surface area contributed by atoms with Crippen LogP contribution >= 0.6 is 0 Å². The monoisotopic (exact) mass is 284 g/mol. The van der Waals surface area contributed by atoms with Crippen LogP contribution in [-0.4, -0.2) is 64.0 Å². The Hall–Kier alpha value is -1.11. The second kappa shape index (κ2) is 5.90. The molecule has 106 valence electrons. The number of piperazine rings is 1. The van der Waals surface area contributed by atoms with Crippen LogP contribution in [0, 0.1) is 0 Å². The predicted molar refractivity (Wildman–Crippen MR) is 75.3 cm³/mol. The lowest BCUT2D eigenvalue weighted by Gasteiger charge is -2.35. The molecule has 1 aliphatic heterocycles. The van der Waals surface area contributed by atoms with Crippen molar-refractivity contribution in [1.29, 1.82) is 0 Å². The van der Waals surface area contributed by atoms with E-state index < -0.39 is 9.84 Å². The fourth-order valence-electron chi connectivity index (χ4n) is 2.28. The molecule has 19 heavy (non-hydrogen) atoms. The zero-order valence-electron chi connectivity index (χ0n) is 11.1. The molecule has 0 amide bonds. The molecule has 0 bridgehead atoms. The van der Waals surface area contributed by atoms with E-state index in [0.717, 1.165) is 38.4 Å². The molecule has 6 heteroatoms. The van der Waals surface area contributed by atoms with Crippen molar-refractivity contribution in [2.24, 2.45) is 0 Å². The highest BCUT2D eigenvalue weighted by atomic mass is 32.2. The lowest BCUT2D eigenvalue weighted by molar-refractivity contribution is 0.189. The van der Waals surface area contributed by atoms with Gasteiger partial charge < -0.3 is 10.0 Å². The summed E-state index contributed by atoms with van der Waals surface area (Å²) in [5.74, 6) is 0. The summed E-state index contributed by atoms with van der Waals surface area (Å²) in [6.45, 7) is 4.57. The van der Waals surface area contributed by atoms with Crippen LogP contribution in [-0.2, 0) is 9.84 Å². The fourth-order valence-corrected chi connectivity index (χ4v) is 2.91. The SMILES string of the molecule is CS(=O)(=O)c1ccc(N2CCN(CCO)CC2)cc1. The van der Waals surface area contributed by atoms with E-state index >= 15 is 0 Å². The predicted octanol–water partition coefficient (Wildman–Crippen LogP) is 0.204. The van der Waals surface area contributed by atoms with Crippen molar-refractivity contribution in [3.8, 4) is 0 Å². The van der Waals surface area contributed by atoms with Crippen molar-refractivity contribution in [2.45, 2.75) is 4.90 Å². The number of aliphatic hydroxyl groups excluding tert-OH is 1. The summed E-state index contributed by atoms with van der Waals surface area (Å²) in [6.07, 6.45) is 1.22. The molecular weight excluding hydrogens is 264 g/mol. The van der Waals surface area contributed by atoms with Crippen LogP contribution in [0.5, 0.6) is 0 Å². The van der Waals surface area contributed by atoms with E-state index in [1.54, 1.807) is 12.1 Å². The number of hydrogen-bond acceptors (Lipinski definition) is 5. The molecule has 0 aliphatic carbocycles. The van der Waals surface area contributed by atoms with E-state index in [0.29, 0.717) is 4.90 Å². The number of anilines is 1. The highest BCUT2D eigenvalue weighted by Crippen LogP contribution is 2.19. The van der Waals surface area contributed by atoms with Crippen molar-refractivity contribution < 1.29 is 13.5 Å². The van der Waals surface area contributed by atoms with Gasteiger partial charge in [-0.1, -0.05) is 0 Å². The van der Waals surface area contributed by atoms with Crippen LogP contribution in [0.25, 0.3) is 0 Å². The van der Waals surface area contributed by atoms with Crippen LogP contribution in [0.1, 0.15) is 0 Å². The third-order valence-electron chi connectivity index (χ3n) is 3.42. The molecule has 1 heterocycles. The van der Waals surface area contributed by atoms with E-state index in [1.807, 2.05) is 12.1 Å². The second-order valence-corrected chi connectivity index (χ2v) is 6.83. The molecular formula is C13H20N2O3S. The van der Waals surface area contributed by atoms with Crippen LogP contribution < -0.4 is 4.90 Å². The Bertz CT molecular complexity index is 505. The number of aliphatic hydroxyl groups is 1.